The van der Waals surface area contributed by atoms with Gasteiger partial charge in [0.05, 0.1) is 0 Å². The average molecular weight is 170 g/mol. The molecule has 4 nitrogen and oxygen atoms in total. The number of phenols is 3. The molecule has 4 heteroatoms. The third-order valence-electron chi connectivity index (χ3n) is 1.55. The van der Waals surface area contributed by atoms with E-state index in [0.717, 1.165) is 12.1 Å². The molecule has 0 aromatic heterocycles. The van der Waals surface area contributed by atoms with Gasteiger partial charge in [-0.2, -0.15) is 0 Å². The fourth-order valence-electron chi connectivity index (χ4n) is 0.995. The van der Waals surface area contributed by atoms with Gasteiger partial charge >= 0.3 is 0 Å². The molecule has 0 spiro atoms. The standard InChI is InChI=1S/C8H10O4/c9-2-1-6-7(11)3-5(10)4-8(6)12/h3-4,9-12H,1-2H2. The van der Waals surface area contributed by atoms with Crippen LogP contribution >= 0.6 is 0 Å². The predicted octanol–water partition coefficient (Wildman–Crippen LogP) is 0.338. The number of aliphatic hydroxyl groups is 1. The normalized spacial score (nSPS) is 10.1. The van der Waals surface area contributed by atoms with E-state index in [4.69, 9.17) is 10.2 Å². The lowest BCUT2D eigenvalue weighted by Gasteiger charge is -2.05. The summed E-state index contributed by atoms with van der Waals surface area (Å²) in [5.74, 6) is -0.616. The van der Waals surface area contributed by atoms with Gasteiger partial charge < -0.3 is 20.4 Å². The summed E-state index contributed by atoms with van der Waals surface area (Å²) in [7, 11) is 0. The summed E-state index contributed by atoms with van der Waals surface area (Å²) in [6.07, 6.45) is 0.165. The third-order valence-corrected chi connectivity index (χ3v) is 1.55. The zero-order chi connectivity index (χ0) is 9.14. The van der Waals surface area contributed by atoms with Crippen LogP contribution in [0.2, 0.25) is 0 Å². The molecule has 0 saturated heterocycles. The molecule has 0 bridgehead atoms. The summed E-state index contributed by atoms with van der Waals surface area (Å²) in [5.41, 5.74) is 0.246. The van der Waals surface area contributed by atoms with Crippen molar-refractivity contribution in [3.63, 3.8) is 0 Å². The minimum absolute atomic E-state index is 0.161. The third kappa shape index (κ3) is 1.60. The molecule has 1 aromatic carbocycles. The molecule has 0 unspecified atom stereocenters. The highest BCUT2D eigenvalue weighted by molar-refractivity contribution is 5.48. The first-order chi connectivity index (χ1) is 5.65. The molecule has 0 fully saturated rings. The maximum atomic E-state index is 9.17. The van der Waals surface area contributed by atoms with Crippen molar-refractivity contribution in [2.24, 2.45) is 0 Å². The van der Waals surface area contributed by atoms with Crippen LogP contribution in [0.3, 0.4) is 0 Å². The van der Waals surface area contributed by atoms with Crippen molar-refractivity contribution >= 4 is 0 Å². The highest BCUT2D eigenvalue weighted by Crippen LogP contribution is 2.31. The molecule has 0 aliphatic rings. The first-order valence-electron chi connectivity index (χ1n) is 3.50. The van der Waals surface area contributed by atoms with Gasteiger partial charge in [0, 0.05) is 30.7 Å². The molecule has 0 saturated carbocycles. The quantitative estimate of drug-likeness (QED) is 0.516. The monoisotopic (exact) mass is 170 g/mol. The van der Waals surface area contributed by atoms with Crippen molar-refractivity contribution < 1.29 is 20.4 Å². The molecule has 0 amide bonds. The largest absolute Gasteiger partial charge is 0.508 e. The topological polar surface area (TPSA) is 80.9 Å². The predicted molar refractivity (Wildman–Crippen MR) is 42.2 cm³/mol. The maximum absolute atomic E-state index is 9.17. The van der Waals surface area contributed by atoms with E-state index in [1.165, 1.54) is 0 Å². The van der Waals surface area contributed by atoms with Crippen LogP contribution in [0.5, 0.6) is 17.2 Å². The van der Waals surface area contributed by atoms with Crippen LogP contribution in [-0.4, -0.2) is 27.0 Å². The van der Waals surface area contributed by atoms with Crippen LogP contribution in [-0.2, 0) is 6.42 Å². The molecule has 0 heterocycles. The summed E-state index contributed by atoms with van der Waals surface area (Å²) in [6.45, 7) is -0.161. The molecular weight excluding hydrogens is 160 g/mol. The first kappa shape index (κ1) is 8.67. The van der Waals surface area contributed by atoms with Crippen LogP contribution < -0.4 is 0 Å². The number of benzene rings is 1. The van der Waals surface area contributed by atoms with E-state index in [-0.39, 0.29) is 35.8 Å². The molecule has 0 aliphatic carbocycles. The van der Waals surface area contributed by atoms with Crippen molar-refractivity contribution in [3.8, 4) is 17.2 Å². The minimum atomic E-state index is -0.207. The number of hydrogen-bond donors (Lipinski definition) is 4. The van der Waals surface area contributed by atoms with Gasteiger partial charge in [-0.25, -0.2) is 0 Å². The van der Waals surface area contributed by atoms with Crippen LogP contribution in [0.25, 0.3) is 0 Å². The summed E-state index contributed by atoms with van der Waals surface area (Å²) in [5, 5.41) is 35.8. The van der Waals surface area contributed by atoms with Gasteiger partial charge in [0.2, 0.25) is 0 Å². The average Bonchev–Trinajstić information content (AvgIpc) is 1.96. The number of phenolic OH excluding ortho intramolecular Hbond substituents is 3. The lowest BCUT2D eigenvalue weighted by Crippen LogP contribution is -1.91. The first-order valence-corrected chi connectivity index (χ1v) is 3.50. The Labute approximate surface area is 69.3 Å². The van der Waals surface area contributed by atoms with E-state index >= 15 is 0 Å². The lowest BCUT2D eigenvalue weighted by molar-refractivity contribution is 0.294. The molecule has 0 atom stereocenters. The maximum Gasteiger partial charge on any atom is 0.126 e. The van der Waals surface area contributed by atoms with Crippen LogP contribution in [0, 0.1) is 0 Å². The van der Waals surface area contributed by atoms with E-state index in [0.29, 0.717) is 0 Å². The molecule has 66 valence electrons. The Hall–Kier alpha value is -1.42. The fourth-order valence-corrected chi connectivity index (χ4v) is 0.995. The second-order valence-corrected chi connectivity index (χ2v) is 2.44. The van der Waals surface area contributed by atoms with E-state index < -0.39 is 0 Å². The lowest BCUT2D eigenvalue weighted by atomic mass is 10.1. The van der Waals surface area contributed by atoms with E-state index in [1.807, 2.05) is 0 Å². The molecule has 0 radical (unpaired) electrons. The van der Waals surface area contributed by atoms with Gasteiger partial charge in [-0.1, -0.05) is 0 Å². The Bertz CT molecular complexity index is 259. The van der Waals surface area contributed by atoms with Crippen molar-refractivity contribution in [1.82, 2.24) is 0 Å². The second-order valence-electron chi connectivity index (χ2n) is 2.44. The van der Waals surface area contributed by atoms with Gasteiger partial charge in [-0.15, -0.1) is 0 Å². The zero-order valence-corrected chi connectivity index (χ0v) is 6.36. The van der Waals surface area contributed by atoms with Crippen molar-refractivity contribution in [2.75, 3.05) is 6.61 Å². The Morgan fingerprint density at radius 2 is 1.50 bits per heavy atom. The van der Waals surface area contributed by atoms with Crippen LogP contribution in [0.15, 0.2) is 12.1 Å². The molecule has 1 rings (SSSR count). The number of aliphatic hydroxyl groups excluding tert-OH is 1. The number of rotatable bonds is 2. The highest BCUT2D eigenvalue weighted by Gasteiger charge is 2.08. The van der Waals surface area contributed by atoms with E-state index in [2.05, 4.69) is 0 Å². The fraction of sp³-hybridized carbons (Fsp3) is 0.250. The van der Waals surface area contributed by atoms with E-state index in [9.17, 15) is 10.2 Å². The van der Waals surface area contributed by atoms with Gasteiger partial charge in [0.15, 0.2) is 0 Å². The number of hydrogen-bond acceptors (Lipinski definition) is 4. The number of aromatic hydroxyl groups is 3. The molecule has 0 aliphatic heterocycles. The van der Waals surface area contributed by atoms with E-state index in [1.54, 1.807) is 0 Å². The van der Waals surface area contributed by atoms with Crippen LogP contribution in [0.4, 0.5) is 0 Å². The van der Waals surface area contributed by atoms with Crippen molar-refractivity contribution in [2.45, 2.75) is 6.42 Å². The molecule has 4 N–H and O–H groups in total. The molecular formula is C8H10O4. The summed E-state index contributed by atoms with van der Waals surface area (Å²) >= 11 is 0. The Morgan fingerprint density at radius 1 is 1.00 bits per heavy atom. The van der Waals surface area contributed by atoms with Crippen molar-refractivity contribution in [1.29, 1.82) is 0 Å². The smallest absolute Gasteiger partial charge is 0.126 e. The Balaban J connectivity index is 3.10. The van der Waals surface area contributed by atoms with Gasteiger partial charge in [0.1, 0.15) is 17.2 Å². The SMILES string of the molecule is OCCc1c(O)cc(O)cc1O. The van der Waals surface area contributed by atoms with Gasteiger partial charge in [-0.3, -0.25) is 0 Å². The Morgan fingerprint density at radius 3 is 1.92 bits per heavy atom. The Kier molecular flexibility index (Phi) is 2.40. The zero-order valence-electron chi connectivity index (χ0n) is 6.36. The summed E-state index contributed by atoms with van der Waals surface area (Å²) < 4.78 is 0. The second kappa shape index (κ2) is 3.32. The summed E-state index contributed by atoms with van der Waals surface area (Å²) in [4.78, 5) is 0. The molecule has 1 aromatic rings. The summed E-state index contributed by atoms with van der Waals surface area (Å²) in [6, 6.07) is 2.23. The minimum Gasteiger partial charge on any atom is -0.508 e. The highest BCUT2D eigenvalue weighted by atomic mass is 16.3. The van der Waals surface area contributed by atoms with Gasteiger partial charge in [0.25, 0.3) is 0 Å². The van der Waals surface area contributed by atoms with Crippen molar-refractivity contribution in [3.05, 3.63) is 17.7 Å². The van der Waals surface area contributed by atoms with Crippen LogP contribution in [0.1, 0.15) is 5.56 Å². The molecule has 12 heavy (non-hydrogen) atoms. The van der Waals surface area contributed by atoms with Gasteiger partial charge in [-0.05, 0) is 0 Å².